The van der Waals surface area contributed by atoms with E-state index in [2.05, 4.69) is 173 Å². The number of rotatable bonds is 5. The molecule has 0 saturated carbocycles. The second-order valence-electron chi connectivity index (χ2n) is 13.1. The molecular formula is C48H31N3. The molecule has 0 saturated heterocycles. The van der Waals surface area contributed by atoms with E-state index in [4.69, 9.17) is 4.98 Å². The van der Waals surface area contributed by atoms with Gasteiger partial charge in [-0.3, -0.25) is 4.98 Å². The summed E-state index contributed by atoms with van der Waals surface area (Å²) in [6, 6.07) is 63.3. The van der Waals surface area contributed by atoms with Crippen LogP contribution in [0.3, 0.4) is 0 Å². The highest BCUT2D eigenvalue weighted by Gasteiger charge is 2.22. The van der Waals surface area contributed by atoms with Crippen LogP contribution in [0.4, 0.5) is 0 Å². The summed E-state index contributed by atoms with van der Waals surface area (Å²) in [6.45, 7) is 0. The van der Waals surface area contributed by atoms with E-state index < -0.39 is 0 Å². The second-order valence-corrected chi connectivity index (χ2v) is 13.1. The van der Waals surface area contributed by atoms with E-state index in [1.807, 2.05) is 24.5 Å². The minimum absolute atomic E-state index is 0.939. The van der Waals surface area contributed by atoms with Crippen molar-refractivity contribution in [3.05, 3.63) is 188 Å². The van der Waals surface area contributed by atoms with Crippen molar-refractivity contribution in [3.8, 4) is 50.6 Å². The average Bonchev–Trinajstić information content (AvgIpc) is 3.54. The molecule has 0 bridgehead atoms. The van der Waals surface area contributed by atoms with E-state index in [9.17, 15) is 0 Å². The number of nitrogens with zero attached hydrogens (tertiary/aromatic N) is 3. The third kappa shape index (κ3) is 4.98. The van der Waals surface area contributed by atoms with Crippen molar-refractivity contribution < 1.29 is 0 Å². The molecule has 238 valence electrons. The first-order valence-corrected chi connectivity index (χ1v) is 17.3. The van der Waals surface area contributed by atoms with Gasteiger partial charge in [0.05, 0.1) is 22.6 Å². The van der Waals surface area contributed by atoms with Crippen molar-refractivity contribution in [2.45, 2.75) is 0 Å². The molecule has 0 N–H and O–H groups in total. The van der Waals surface area contributed by atoms with Crippen LogP contribution >= 0.6 is 0 Å². The summed E-state index contributed by atoms with van der Waals surface area (Å²) in [4.78, 5) is 9.20. The number of aromatic nitrogens is 3. The number of benzene rings is 7. The van der Waals surface area contributed by atoms with Gasteiger partial charge in [-0.1, -0.05) is 121 Å². The third-order valence-electron chi connectivity index (χ3n) is 10.0. The van der Waals surface area contributed by atoms with Crippen molar-refractivity contribution in [1.82, 2.24) is 14.5 Å². The summed E-state index contributed by atoms with van der Waals surface area (Å²) in [5.41, 5.74) is 11.2. The summed E-state index contributed by atoms with van der Waals surface area (Å²) in [5, 5.41) is 8.54. The zero-order valence-electron chi connectivity index (χ0n) is 27.7. The van der Waals surface area contributed by atoms with Crippen LogP contribution in [-0.2, 0) is 0 Å². The first kappa shape index (κ1) is 29.1. The molecule has 3 heterocycles. The minimum atomic E-state index is 0.939. The Labute approximate surface area is 295 Å². The molecule has 0 spiro atoms. The van der Waals surface area contributed by atoms with Gasteiger partial charge in [-0.05, 0) is 98.0 Å². The molecule has 7 aromatic carbocycles. The third-order valence-corrected chi connectivity index (χ3v) is 10.0. The summed E-state index contributed by atoms with van der Waals surface area (Å²) in [6.07, 6.45) is 3.62. The molecule has 0 aliphatic rings. The molecule has 10 aromatic rings. The average molecular weight is 650 g/mol. The van der Waals surface area contributed by atoms with Crippen LogP contribution in [0.2, 0.25) is 0 Å². The molecule has 3 heteroatoms. The normalized spacial score (nSPS) is 11.5. The van der Waals surface area contributed by atoms with E-state index >= 15 is 0 Å². The van der Waals surface area contributed by atoms with Crippen LogP contribution in [0, 0.1) is 0 Å². The zero-order valence-corrected chi connectivity index (χ0v) is 27.7. The molecule has 3 aromatic heterocycles. The second kappa shape index (κ2) is 11.9. The molecule has 51 heavy (non-hydrogen) atoms. The Morgan fingerprint density at radius 1 is 0.373 bits per heavy atom. The number of fused-ring (bicyclic) bond motifs is 5. The van der Waals surface area contributed by atoms with Crippen LogP contribution in [0.25, 0.3) is 93.8 Å². The molecule has 0 radical (unpaired) electrons. The van der Waals surface area contributed by atoms with E-state index in [1.54, 1.807) is 0 Å². The van der Waals surface area contributed by atoms with Crippen LogP contribution in [0.5, 0.6) is 0 Å². The number of hydrogen-bond donors (Lipinski definition) is 0. The van der Waals surface area contributed by atoms with Crippen LogP contribution in [-0.4, -0.2) is 14.5 Å². The Hall–Kier alpha value is -6.84. The van der Waals surface area contributed by atoms with Crippen LogP contribution < -0.4 is 0 Å². The van der Waals surface area contributed by atoms with Gasteiger partial charge < -0.3 is 4.57 Å². The summed E-state index contributed by atoms with van der Waals surface area (Å²) < 4.78 is 2.47. The first-order chi connectivity index (χ1) is 25.3. The van der Waals surface area contributed by atoms with Crippen molar-refractivity contribution in [2.24, 2.45) is 0 Å². The highest BCUT2D eigenvalue weighted by Crippen LogP contribution is 2.45. The molecule has 0 aliphatic heterocycles. The molecule has 0 amide bonds. The number of hydrogen-bond acceptors (Lipinski definition) is 2. The lowest BCUT2D eigenvalue weighted by molar-refractivity contribution is 1.14. The summed E-state index contributed by atoms with van der Waals surface area (Å²) in [5.74, 6) is 0. The SMILES string of the molecule is c1ccc(-c2c(-c3ccccc3)n(-c3ccc4ccccc4c3)c3cc4ccc5cc(-c6cccc(-c7ccncc7)n6)ccc5c4cc23)cc1. The lowest BCUT2D eigenvalue weighted by Crippen LogP contribution is -1.98. The van der Waals surface area contributed by atoms with Gasteiger partial charge >= 0.3 is 0 Å². The Morgan fingerprint density at radius 3 is 1.82 bits per heavy atom. The fourth-order valence-electron chi connectivity index (χ4n) is 7.63. The monoisotopic (exact) mass is 649 g/mol. The largest absolute Gasteiger partial charge is 0.309 e. The quantitative estimate of drug-likeness (QED) is 0.174. The Kier molecular flexibility index (Phi) is 6.81. The minimum Gasteiger partial charge on any atom is -0.309 e. The van der Waals surface area contributed by atoms with E-state index in [0.717, 1.165) is 28.2 Å². The number of pyridine rings is 2. The van der Waals surface area contributed by atoms with E-state index in [0.29, 0.717) is 0 Å². The Bertz CT molecular complexity index is 2890. The van der Waals surface area contributed by atoms with Gasteiger partial charge in [0.2, 0.25) is 0 Å². The lowest BCUT2D eigenvalue weighted by Gasteiger charge is -2.14. The standard InChI is InChI=1S/C48H31N3/c1-3-11-34(12-4-1)47-43-31-42-38(19-18-37-28-39(21-23-41(37)42)45-17-9-16-44(50-45)33-24-26-49-27-25-33)30-46(43)51(48(47)35-13-5-2-6-14-35)40-22-20-32-10-7-8-15-36(32)29-40/h1-31H. The lowest BCUT2D eigenvalue weighted by atomic mass is 9.94. The van der Waals surface area contributed by atoms with E-state index in [-0.39, 0.29) is 0 Å². The fraction of sp³-hybridized carbons (Fsp3) is 0. The molecular weight excluding hydrogens is 619 g/mol. The van der Waals surface area contributed by atoms with Crippen LogP contribution in [0.15, 0.2) is 188 Å². The predicted molar refractivity (Wildman–Crippen MR) is 213 cm³/mol. The zero-order chi connectivity index (χ0) is 33.7. The molecule has 3 nitrogen and oxygen atoms in total. The Balaban J connectivity index is 1.23. The van der Waals surface area contributed by atoms with Gasteiger partial charge in [-0.15, -0.1) is 0 Å². The van der Waals surface area contributed by atoms with Gasteiger partial charge in [0.1, 0.15) is 0 Å². The van der Waals surface area contributed by atoms with Crippen LogP contribution in [0.1, 0.15) is 0 Å². The maximum absolute atomic E-state index is 5.03. The van der Waals surface area contributed by atoms with Gasteiger partial charge in [0.15, 0.2) is 0 Å². The van der Waals surface area contributed by atoms with Gasteiger partial charge in [0.25, 0.3) is 0 Å². The molecule has 10 rings (SSSR count). The fourth-order valence-corrected chi connectivity index (χ4v) is 7.63. The molecule has 0 aliphatic carbocycles. The first-order valence-electron chi connectivity index (χ1n) is 17.3. The summed E-state index contributed by atoms with van der Waals surface area (Å²) in [7, 11) is 0. The van der Waals surface area contributed by atoms with Crippen molar-refractivity contribution in [2.75, 3.05) is 0 Å². The van der Waals surface area contributed by atoms with Crippen molar-refractivity contribution in [1.29, 1.82) is 0 Å². The molecule has 0 unspecified atom stereocenters. The van der Waals surface area contributed by atoms with Gasteiger partial charge in [0, 0.05) is 40.2 Å². The predicted octanol–water partition coefficient (Wildman–Crippen LogP) is 12.5. The van der Waals surface area contributed by atoms with Gasteiger partial charge in [-0.2, -0.15) is 0 Å². The molecule has 0 fully saturated rings. The summed E-state index contributed by atoms with van der Waals surface area (Å²) >= 11 is 0. The smallest absolute Gasteiger partial charge is 0.0710 e. The van der Waals surface area contributed by atoms with E-state index in [1.165, 1.54) is 65.6 Å². The molecule has 0 atom stereocenters. The van der Waals surface area contributed by atoms with Crippen molar-refractivity contribution >= 4 is 43.2 Å². The Morgan fingerprint density at radius 2 is 1.04 bits per heavy atom. The topological polar surface area (TPSA) is 30.7 Å². The maximum atomic E-state index is 5.03. The highest BCUT2D eigenvalue weighted by atomic mass is 15.0. The van der Waals surface area contributed by atoms with Crippen molar-refractivity contribution in [3.63, 3.8) is 0 Å². The van der Waals surface area contributed by atoms with Gasteiger partial charge in [-0.25, -0.2) is 4.98 Å². The highest BCUT2D eigenvalue weighted by molar-refractivity contribution is 6.17. The maximum Gasteiger partial charge on any atom is 0.0710 e.